The lowest BCUT2D eigenvalue weighted by Gasteiger charge is -2.30. The molecular weight excluding hydrogens is 279 g/mol. The molecule has 1 aliphatic carbocycles. The molecule has 4 nitrogen and oxygen atoms in total. The molecule has 0 aliphatic heterocycles. The van der Waals surface area contributed by atoms with Crippen molar-refractivity contribution < 1.29 is 12.8 Å². The van der Waals surface area contributed by atoms with E-state index in [9.17, 15) is 12.8 Å². The fraction of sp³-hybridized carbons (Fsp3) is 0.500. The molecule has 0 aromatic heterocycles. The summed E-state index contributed by atoms with van der Waals surface area (Å²) >= 11 is 0. The van der Waals surface area contributed by atoms with Crippen LogP contribution in [0.15, 0.2) is 23.1 Å². The summed E-state index contributed by atoms with van der Waals surface area (Å²) in [5.41, 5.74) is -0.407. The van der Waals surface area contributed by atoms with Crippen molar-refractivity contribution in [3.8, 4) is 6.07 Å². The van der Waals surface area contributed by atoms with Crippen LogP contribution in [-0.4, -0.2) is 25.8 Å². The highest BCUT2D eigenvalue weighted by atomic mass is 32.2. The van der Waals surface area contributed by atoms with Crippen molar-refractivity contribution in [1.82, 2.24) is 4.31 Å². The predicted molar refractivity (Wildman–Crippen MR) is 72.9 cm³/mol. The van der Waals surface area contributed by atoms with Gasteiger partial charge in [-0.25, -0.2) is 12.8 Å². The molecule has 0 atom stereocenters. The first-order valence-corrected chi connectivity index (χ1v) is 8.09. The zero-order valence-corrected chi connectivity index (χ0v) is 12.2. The van der Waals surface area contributed by atoms with Crippen molar-refractivity contribution in [2.75, 3.05) is 7.05 Å². The quantitative estimate of drug-likeness (QED) is 0.861. The molecule has 2 rings (SSSR count). The highest BCUT2D eigenvalue weighted by Gasteiger charge is 2.31. The van der Waals surface area contributed by atoms with Gasteiger partial charge in [0.25, 0.3) is 0 Å². The third kappa shape index (κ3) is 2.69. The Kier molecular flexibility index (Phi) is 4.41. The van der Waals surface area contributed by atoms with Gasteiger partial charge in [-0.3, -0.25) is 0 Å². The van der Waals surface area contributed by atoms with Crippen molar-refractivity contribution in [2.24, 2.45) is 0 Å². The van der Waals surface area contributed by atoms with Crippen molar-refractivity contribution in [2.45, 2.75) is 43.0 Å². The van der Waals surface area contributed by atoms with Crippen molar-refractivity contribution in [3.63, 3.8) is 0 Å². The fourth-order valence-electron chi connectivity index (χ4n) is 2.62. The molecule has 1 aliphatic rings. The Morgan fingerprint density at radius 1 is 1.30 bits per heavy atom. The summed E-state index contributed by atoms with van der Waals surface area (Å²) in [5, 5.41) is 8.98. The minimum Gasteiger partial charge on any atom is -0.207 e. The van der Waals surface area contributed by atoms with Crippen LogP contribution in [0.4, 0.5) is 4.39 Å². The molecule has 0 radical (unpaired) electrons. The van der Waals surface area contributed by atoms with Crippen LogP contribution in [0.2, 0.25) is 0 Å². The smallest absolute Gasteiger partial charge is 0.207 e. The van der Waals surface area contributed by atoms with Crippen LogP contribution in [0.3, 0.4) is 0 Å². The van der Waals surface area contributed by atoms with Gasteiger partial charge in [0, 0.05) is 13.1 Å². The molecule has 1 fully saturated rings. The van der Waals surface area contributed by atoms with E-state index in [0.29, 0.717) is 0 Å². The summed E-state index contributed by atoms with van der Waals surface area (Å²) in [7, 11) is -2.32. The average molecular weight is 296 g/mol. The van der Waals surface area contributed by atoms with E-state index in [1.54, 1.807) is 6.07 Å². The maximum atomic E-state index is 13.6. The average Bonchev–Trinajstić information content (AvgIpc) is 2.47. The van der Waals surface area contributed by atoms with E-state index in [2.05, 4.69) is 0 Å². The van der Waals surface area contributed by atoms with E-state index in [1.807, 2.05) is 0 Å². The van der Waals surface area contributed by atoms with Gasteiger partial charge in [-0.2, -0.15) is 9.57 Å². The zero-order valence-electron chi connectivity index (χ0n) is 11.3. The monoisotopic (exact) mass is 296 g/mol. The summed E-state index contributed by atoms with van der Waals surface area (Å²) < 4.78 is 40.0. The number of sulfonamides is 1. The van der Waals surface area contributed by atoms with E-state index >= 15 is 0 Å². The maximum absolute atomic E-state index is 13.6. The summed E-state index contributed by atoms with van der Waals surface area (Å²) in [6.45, 7) is 0. The van der Waals surface area contributed by atoms with Crippen LogP contribution in [0.25, 0.3) is 0 Å². The molecule has 1 saturated carbocycles. The predicted octanol–water partition coefficient (Wildman–Crippen LogP) is 2.65. The molecule has 0 N–H and O–H groups in total. The van der Waals surface area contributed by atoms with Crippen molar-refractivity contribution in [1.29, 1.82) is 5.26 Å². The van der Waals surface area contributed by atoms with Gasteiger partial charge in [0.1, 0.15) is 22.3 Å². The molecule has 0 bridgehead atoms. The summed E-state index contributed by atoms with van der Waals surface area (Å²) in [5.74, 6) is -0.800. The molecule has 0 saturated heterocycles. The van der Waals surface area contributed by atoms with Crippen molar-refractivity contribution >= 4 is 10.0 Å². The molecule has 20 heavy (non-hydrogen) atoms. The Morgan fingerprint density at radius 2 is 1.95 bits per heavy atom. The number of nitrogens with zero attached hydrogens (tertiary/aromatic N) is 2. The second-order valence-electron chi connectivity index (χ2n) is 5.04. The number of hydrogen-bond donors (Lipinski definition) is 0. The third-order valence-corrected chi connectivity index (χ3v) is 5.79. The Morgan fingerprint density at radius 3 is 2.55 bits per heavy atom. The highest BCUT2D eigenvalue weighted by molar-refractivity contribution is 7.89. The van der Waals surface area contributed by atoms with Gasteiger partial charge < -0.3 is 0 Å². The SMILES string of the molecule is CN(C1CCCCC1)S(=O)(=O)c1cccc(F)c1C#N. The molecule has 108 valence electrons. The number of halogens is 1. The normalized spacial score (nSPS) is 17.1. The first-order chi connectivity index (χ1) is 9.48. The van der Waals surface area contributed by atoms with Gasteiger partial charge in [0.15, 0.2) is 0 Å². The van der Waals surface area contributed by atoms with Gasteiger partial charge in [0.05, 0.1) is 0 Å². The summed E-state index contributed by atoms with van der Waals surface area (Å²) in [4.78, 5) is -0.243. The lowest BCUT2D eigenvalue weighted by atomic mass is 9.96. The minimum atomic E-state index is -3.83. The van der Waals surface area contributed by atoms with Crippen LogP contribution in [0.5, 0.6) is 0 Å². The first-order valence-electron chi connectivity index (χ1n) is 6.65. The van der Waals surface area contributed by atoms with Gasteiger partial charge >= 0.3 is 0 Å². The molecule has 1 aromatic rings. The molecule has 0 unspecified atom stereocenters. The second kappa shape index (κ2) is 5.90. The Balaban J connectivity index is 2.40. The van der Waals surface area contributed by atoms with Crippen LogP contribution in [0, 0.1) is 17.1 Å². The minimum absolute atomic E-state index is 0.0661. The number of benzene rings is 1. The molecule has 6 heteroatoms. The lowest BCUT2D eigenvalue weighted by Crippen LogP contribution is -2.38. The molecule has 0 spiro atoms. The molecule has 0 amide bonds. The van der Waals surface area contributed by atoms with Gasteiger partial charge in [-0.15, -0.1) is 0 Å². The van der Waals surface area contributed by atoms with Gasteiger partial charge in [-0.05, 0) is 25.0 Å². The maximum Gasteiger partial charge on any atom is 0.244 e. The number of nitriles is 1. The largest absolute Gasteiger partial charge is 0.244 e. The Bertz CT molecular complexity index is 631. The van der Waals surface area contributed by atoms with E-state index < -0.39 is 21.4 Å². The van der Waals surface area contributed by atoms with Crippen LogP contribution >= 0.6 is 0 Å². The van der Waals surface area contributed by atoms with Gasteiger partial charge in [-0.1, -0.05) is 25.3 Å². The second-order valence-corrected chi connectivity index (χ2v) is 7.00. The molecule has 0 heterocycles. The van der Waals surface area contributed by atoms with Crippen molar-refractivity contribution in [3.05, 3.63) is 29.6 Å². The van der Waals surface area contributed by atoms with E-state index in [-0.39, 0.29) is 10.9 Å². The first kappa shape index (κ1) is 14.9. The number of rotatable bonds is 3. The lowest BCUT2D eigenvalue weighted by molar-refractivity contribution is 0.285. The number of hydrogen-bond acceptors (Lipinski definition) is 3. The van der Waals surface area contributed by atoms with Crippen LogP contribution in [0.1, 0.15) is 37.7 Å². The topological polar surface area (TPSA) is 61.2 Å². The Labute approximate surface area is 118 Å². The highest BCUT2D eigenvalue weighted by Crippen LogP contribution is 2.28. The zero-order chi connectivity index (χ0) is 14.8. The fourth-order valence-corrected chi connectivity index (χ4v) is 4.19. The molecular formula is C14H17FN2O2S. The Hall–Kier alpha value is -1.45. The van der Waals surface area contributed by atoms with E-state index in [0.717, 1.165) is 38.2 Å². The van der Waals surface area contributed by atoms with Crippen LogP contribution in [-0.2, 0) is 10.0 Å². The van der Waals surface area contributed by atoms with Gasteiger partial charge in [0.2, 0.25) is 10.0 Å². The van der Waals surface area contributed by atoms with E-state index in [1.165, 1.54) is 23.5 Å². The summed E-state index contributed by atoms with van der Waals surface area (Å²) in [6, 6.07) is 5.28. The standard InChI is InChI=1S/C14H17FN2O2S/c1-17(11-6-3-2-4-7-11)20(18,19)14-9-5-8-13(15)12(14)10-16/h5,8-9,11H,2-4,6-7H2,1H3. The van der Waals surface area contributed by atoms with Crippen LogP contribution < -0.4 is 0 Å². The summed E-state index contributed by atoms with van der Waals surface area (Å²) in [6.07, 6.45) is 4.74. The molecule has 1 aromatic carbocycles. The third-order valence-electron chi connectivity index (χ3n) is 3.83. The van der Waals surface area contributed by atoms with E-state index in [4.69, 9.17) is 5.26 Å².